The summed E-state index contributed by atoms with van der Waals surface area (Å²) in [5.74, 6) is 0. The van der Waals surface area contributed by atoms with Gasteiger partial charge in [-0.1, -0.05) is 24.8 Å². The summed E-state index contributed by atoms with van der Waals surface area (Å²) < 4.78 is 2.16. The van der Waals surface area contributed by atoms with Crippen LogP contribution in [0.3, 0.4) is 0 Å². The third-order valence-electron chi connectivity index (χ3n) is 2.58. The normalized spacial score (nSPS) is 10.9. The van der Waals surface area contributed by atoms with Gasteiger partial charge in [0.2, 0.25) is 0 Å². The number of nitrogens with zero attached hydrogens (tertiary/aromatic N) is 2. The van der Waals surface area contributed by atoms with E-state index in [0.29, 0.717) is 0 Å². The number of hydrogen-bond acceptors (Lipinski definition) is 2. The summed E-state index contributed by atoms with van der Waals surface area (Å²) in [5.41, 5.74) is 3.52. The van der Waals surface area contributed by atoms with Gasteiger partial charge in [0, 0.05) is 13.0 Å². The molecule has 0 N–H and O–H groups in total. The van der Waals surface area contributed by atoms with Gasteiger partial charge in [0.25, 0.3) is 0 Å². The van der Waals surface area contributed by atoms with Crippen molar-refractivity contribution in [1.82, 2.24) is 4.98 Å². The standard InChI is InChI=1S/C12H15N2S/c1-4-10-9(2)13-11-7-5-6-8-14(11)12(10)15-3/h5-8H,4H2,1-3H3/q+1. The molecule has 2 nitrogen and oxygen atoms in total. The molecule has 3 heteroatoms. The number of fused-ring (bicyclic) bond motifs is 1. The van der Waals surface area contributed by atoms with Gasteiger partial charge in [-0.3, -0.25) is 0 Å². The number of aryl methyl sites for hydroxylation is 1. The average Bonchev–Trinajstić information content (AvgIpc) is 2.27. The van der Waals surface area contributed by atoms with Gasteiger partial charge < -0.3 is 0 Å². The molecule has 0 fully saturated rings. The zero-order valence-corrected chi connectivity index (χ0v) is 10.1. The lowest BCUT2D eigenvalue weighted by atomic mass is 10.2. The van der Waals surface area contributed by atoms with E-state index in [1.807, 2.05) is 18.2 Å². The van der Waals surface area contributed by atoms with E-state index in [4.69, 9.17) is 0 Å². The number of pyridine rings is 1. The largest absolute Gasteiger partial charge is 0.328 e. The van der Waals surface area contributed by atoms with Crippen LogP contribution in [0.4, 0.5) is 0 Å². The molecule has 0 radical (unpaired) electrons. The fourth-order valence-electron chi connectivity index (χ4n) is 1.86. The van der Waals surface area contributed by atoms with Crippen LogP contribution in [0.2, 0.25) is 0 Å². The van der Waals surface area contributed by atoms with Gasteiger partial charge in [-0.15, -0.1) is 0 Å². The zero-order chi connectivity index (χ0) is 10.8. The summed E-state index contributed by atoms with van der Waals surface area (Å²) in [6.45, 7) is 4.27. The van der Waals surface area contributed by atoms with E-state index < -0.39 is 0 Å². The summed E-state index contributed by atoms with van der Waals surface area (Å²) in [6.07, 6.45) is 5.23. The molecule has 0 bridgehead atoms. The minimum absolute atomic E-state index is 1.02. The van der Waals surface area contributed by atoms with Crippen LogP contribution in [0.5, 0.6) is 0 Å². The van der Waals surface area contributed by atoms with Gasteiger partial charge >= 0.3 is 5.65 Å². The number of rotatable bonds is 2. The fraction of sp³-hybridized carbons (Fsp3) is 0.333. The van der Waals surface area contributed by atoms with Crippen LogP contribution in [0.15, 0.2) is 29.4 Å². The first-order chi connectivity index (χ1) is 7.27. The number of aromatic nitrogens is 2. The van der Waals surface area contributed by atoms with Gasteiger partial charge in [-0.2, -0.15) is 4.40 Å². The average molecular weight is 219 g/mol. The van der Waals surface area contributed by atoms with Crippen molar-refractivity contribution in [2.24, 2.45) is 0 Å². The molecule has 0 amide bonds. The van der Waals surface area contributed by atoms with E-state index in [1.54, 1.807) is 11.8 Å². The second-order valence-corrected chi connectivity index (χ2v) is 4.26. The first-order valence-corrected chi connectivity index (χ1v) is 6.34. The van der Waals surface area contributed by atoms with Crippen LogP contribution in [-0.4, -0.2) is 11.2 Å². The molecule has 15 heavy (non-hydrogen) atoms. The Labute approximate surface area is 94.4 Å². The molecule has 0 saturated carbocycles. The first-order valence-electron chi connectivity index (χ1n) is 5.11. The number of thioether (sulfide) groups is 1. The molecule has 2 rings (SSSR count). The van der Waals surface area contributed by atoms with Crippen LogP contribution in [0.25, 0.3) is 5.65 Å². The monoisotopic (exact) mass is 219 g/mol. The lowest BCUT2D eigenvalue weighted by molar-refractivity contribution is -0.558. The Morgan fingerprint density at radius 1 is 1.40 bits per heavy atom. The smallest absolute Gasteiger partial charge is 0.190 e. The molecule has 0 spiro atoms. The highest BCUT2D eigenvalue weighted by atomic mass is 32.2. The van der Waals surface area contributed by atoms with Crippen molar-refractivity contribution in [3.63, 3.8) is 0 Å². The van der Waals surface area contributed by atoms with Crippen molar-refractivity contribution >= 4 is 17.4 Å². The van der Waals surface area contributed by atoms with Crippen LogP contribution >= 0.6 is 11.8 Å². The van der Waals surface area contributed by atoms with Crippen LogP contribution in [0.1, 0.15) is 18.2 Å². The molecule has 0 aromatic carbocycles. The molecule has 0 unspecified atom stereocenters. The van der Waals surface area contributed by atoms with E-state index in [0.717, 1.165) is 17.8 Å². The SMILES string of the molecule is CCc1c(C)nc2cccc[n+]2c1SC. The molecule has 2 heterocycles. The van der Waals surface area contributed by atoms with E-state index in [9.17, 15) is 0 Å². The molecule has 0 saturated heterocycles. The lowest BCUT2D eigenvalue weighted by Crippen LogP contribution is -2.28. The summed E-state index contributed by atoms with van der Waals surface area (Å²) in [6, 6.07) is 6.12. The highest BCUT2D eigenvalue weighted by molar-refractivity contribution is 7.98. The van der Waals surface area contributed by atoms with Gasteiger partial charge in [0.15, 0.2) is 10.7 Å². The minimum atomic E-state index is 1.02. The molecular formula is C12H15N2S+. The van der Waals surface area contributed by atoms with Crippen LogP contribution < -0.4 is 4.40 Å². The quantitative estimate of drug-likeness (QED) is 0.438. The van der Waals surface area contributed by atoms with Crippen LogP contribution in [0, 0.1) is 6.92 Å². The molecule has 0 aliphatic rings. The lowest BCUT2D eigenvalue weighted by Gasteiger charge is -2.05. The first kappa shape index (κ1) is 10.4. The van der Waals surface area contributed by atoms with Gasteiger partial charge in [0.1, 0.15) is 0 Å². The van der Waals surface area contributed by atoms with E-state index >= 15 is 0 Å². The fourth-order valence-corrected chi connectivity index (χ4v) is 2.75. The second kappa shape index (κ2) is 4.19. The highest BCUT2D eigenvalue weighted by Crippen LogP contribution is 2.19. The summed E-state index contributed by atoms with van der Waals surface area (Å²) in [4.78, 5) is 4.60. The van der Waals surface area contributed by atoms with E-state index in [1.165, 1.54) is 10.6 Å². The third-order valence-corrected chi connectivity index (χ3v) is 3.41. The second-order valence-electron chi connectivity index (χ2n) is 3.47. The summed E-state index contributed by atoms with van der Waals surface area (Å²) in [5, 5.41) is 1.31. The molecule has 2 aromatic heterocycles. The molecular weight excluding hydrogens is 204 g/mol. The van der Waals surface area contributed by atoms with Gasteiger partial charge in [0.05, 0.1) is 11.8 Å². The van der Waals surface area contributed by atoms with Crippen molar-refractivity contribution in [2.45, 2.75) is 25.3 Å². The van der Waals surface area contributed by atoms with Crippen molar-refractivity contribution in [2.75, 3.05) is 6.26 Å². The topological polar surface area (TPSA) is 17.0 Å². The maximum Gasteiger partial charge on any atom is 0.328 e. The highest BCUT2D eigenvalue weighted by Gasteiger charge is 2.17. The van der Waals surface area contributed by atoms with E-state index in [2.05, 4.69) is 35.7 Å². The maximum atomic E-state index is 4.60. The predicted octanol–water partition coefficient (Wildman–Crippen LogP) is 2.41. The Kier molecular flexibility index (Phi) is 2.91. The van der Waals surface area contributed by atoms with Crippen molar-refractivity contribution in [1.29, 1.82) is 0 Å². The van der Waals surface area contributed by atoms with Crippen molar-refractivity contribution in [3.8, 4) is 0 Å². The molecule has 2 aromatic rings. The Hall–Kier alpha value is -1.09. The molecule has 78 valence electrons. The Morgan fingerprint density at radius 2 is 2.20 bits per heavy atom. The van der Waals surface area contributed by atoms with Crippen molar-refractivity contribution < 1.29 is 4.40 Å². The third kappa shape index (κ3) is 1.72. The Morgan fingerprint density at radius 3 is 2.87 bits per heavy atom. The molecule has 0 aliphatic heterocycles. The Bertz CT molecular complexity index is 494. The van der Waals surface area contributed by atoms with Gasteiger partial charge in [-0.05, 0) is 23.7 Å². The predicted molar refractivity (Wildman–Crippen MR) is 63.3 cm³/mol. The number of hydrogen-bond donors (Lipinski definition) is 0. The van der Waals surface area contributed by atoms with Crippen molar-refractivity contribution in [3.05, 3.63) is 35.7 Å². The Balaban J connectivity index is 2.84. The zero-order valence-electron chi connectivity index (χ0n) is 9.32. The van der Waals surface area contributed by atoms with Crippen LogP contribution in [-0.2, 0) is 6.42 Å². The molecule has 0 aliphatic carbocycles. The van der Waals surface area contributed by atoms with E-state index in [-0.39, 0.29) is 0 Å². The van der Waals surface area contributed by atoms with Gasteiger partial charge in [-0.25, -0.2) is 0 Å². The molecule has 0 atom stereocenters. The summed E-state index contributed by atoms with van der Waals surface area (Å²) >= 11 is 1.79. The maximum absolute atomic E-state index is 4.60. The summed E-state index contributed by atoms with van der Waals surface area (Å²) in [7, 11) is 0. The minimum Gasteiger partial charge on any atom is -0.190 e.